The lowest BCUT2D eigenvalue weighted by molar-refractivity contribution is -0.136. The molecular weight excluding hydrogens is 659 g/mol. The lowest BCUT2D eigenvalue weighted by Gasteiger charge is -2.27. The number of allylic oxidation sites excluding steroid dienone is 1. The molecule has 4 aromatic rings. The predicted octanol–water partition coefficient (Wildman–Crippen LogP) is 7.55. The van der Waals surface area contributed by atoms with Gasteiger partial charge in [-0.2, -0.15) is 5.26 Å². The van der Waals surface area contributed by atoms with Gasteiger partial charge in [-0.25, -0.2) is 4.79 Å². The molecule has 0 bridgehead atoms. The summed E-state index contributed by atoms with van der Waals surface area (Å²) in [6.45, 7) is -0.0982. The van der Waals surface area contributed by atoms with Crippen molar-refractivity contribution in [2.75, 3.05) is 13.7 Å². The van der Waals surface area contributed by atoms with Crippen LogP contribution >= 0.6 is 39.1 Å². The molecule has 0 spiro atoms. The molecule has 1 aliphatic rings. The summed E-state index contributed by atoms with van der Waals surface area (Å²) in [5.41, 5.74) is 8.52. The van der Waals surface area contributed by atoms with E-state index in [-0.39, 0.29) is 30.4 Å². The zero-order chi connectivity index (χ0) is 30.5. The van der Waals surface area contributed by atoms with Gasteiger partial charge < -0.3 is 29.4 Å². The number of ether oxygens (including phenoxy) is 5. The highest BCUT2D eigenvalue weighted by molar-refractivity contribution is 9.10. The van der Waals surface area contributed by atoms with Crippen LogP contribution < -0.4 is 29.4 Å². The van der Waals surface area contributed by atoms with Crippen LogP contribution in [0, 0.1) is 11.3 Å². The number of halogens is 3. The number of hydrogen-bond donors (Lipinski definition) is 1. The van der Waals surface area contributed by atoms with Crippen molar-refractivity contribution in [3.05, 3.63) is 122 Å². The van der Waals surface area contributed by atoms with E-state index >= 15 is 0 Å². The van der Waals surface area contributed by atoms with Gasteiger partial charge in [0.1, 0.15) is 35.5 Å². The zero-order valence-corrected chi connectivity index (χ0v) is 25.7. The average Bonchev–Trinajstić information content (AvgIpc) is 2.99. The normalized spacial score (nSPS) is 13.8. The average molecular weight is 682 g/mol. The first-order valence-corrected chi connectivity index (χ1v) is 14.4. The van der Waals surface area contributed by atoms with Gasteiger partial charge >= 0.3 is 5.97 Å². The second-order valence-electron chi connectivity index (χ2n) is 9.28. The molecule has 43 heavy (non-hydrogen) atoms. The van der Waals surface area contributed by atoms with E-state index in [0.29, 0.717) is 44.2 Å². The topological polar surface area (TPSA) is 113 Å². The van der Waals surface area contributed by atoms with Crippen molar-refractivity contribution in [3.8, 4) is 34.8 Å². The zero-order valence-electron chi connectivity index (χ0n) is 22.6. The van der Waals surface area contributed by atoms with E-state index < -0.39 is 11.9 Å². The third-order valence-electron chi connectivity index (χ3n) is 6.51. The van der Waals surface area contributed by atoms with Crippen LogP contribution in [0.5, 0.6) is 28.7 Å². The fourth-order valence-electron chi connectivity index (χ4n) is 4.45. The van der Waals surface area contributed by atoms with Crippen LogP contribution in [0.15, 0.2) is 94.8 Å². The van der Waals surface area contributed by atoms with Crippen LogP contribution in [-0.2, 0) is 11.4 Å². The van der Waals surface area contributed by atoms with Gasteiger partial charge in [-0.3, -0.25) is 0 Å². The molecule has 0 radical (unpaired) electrons. The molecule has 0 saturated carbocycles. The van der Waals surface area contributed by atoms with Crippen molar-refractivity contribution in [2.24, 2.45) is 5.73 Å². The Morgan fingerprint density at radius 3 is 2.47 bits per heavy atom. The Bertz CT molecular complexity index is 1750. The Labute approximate surface area is 266 Å². The van der Waals surface area contributed by atoms with Crippen molar-refractivity contribution in [1.82, 2.24) is 0 Å². The number of carbonyl (C=O) groups is 1. The first-order valence-electron chi connectivity index (χ1n) is 12.8. The molecule has 1 heterocycles. The van der Waals surface area contributed by atoms with Crippen LogP contribution in [0.4, 0.5) is 0 Å². The van der Waals surface area contributed by atoms with Crippen LogP contribution in [0.2, 0.25) is 10.0 Å². The number of hydrogen-bond acceptors (Lipinski definition) is 8. The molecule has 0 saturated heterocycles. The van der Waals surface area contributed by atoms with Gasteiger partial charge in [0.05, 0.1) is 13.0 Å². The highest BCUT2D eigenvalue weighted by Gasteiger charge is 2.32. The molecule has 1 unspecified atom stereocenters. The third kappa shape index (κ3) is 7.00. The predicted molar refractivity (Wildman–Crippen MR) is 165 cm³/mol. The smallest absolute Gasteiger partial charge is 0.349 e. The number of nitrogens with two attached hydrogens (primary N) is 1. The number of nitrogens with zero attached hydrogens (tertiary/aromatic N) is 1. The number of benzene rings is 4. The largest absolute Gasteiger partial charge is 0.493 e. The first-order chi connectivity index (χ1) is 20.7. The van der Waals surface area contributed by atoms with Gasteiger partial charge in [-0.1, -0.05) is 57.3 Å². The third-order valence-corrected chi connectivity index (χ3v) is 7.63. The minimum atomic E-state index is -0.600. The highest BCUT2D eigenvalue weighted by Crippen LogP contribution is 2.45. The van der Waals surface area contributed by atoms with Crippen molar-refractivity contribution in [2.45, 2.75) is 12.5 Å². The maximum absolute atomic E-state index is 12.4. The van der Waals surface area contributed by atoms with Gasteiger partial charge in [0, 0.05) is 31.7 Å². The molecule has 0 aliphatic carbocycles. The van der Waals surface area contributed by atoms with Crippen LogP contribution in [0.3, 0.4) is 0 Å². The Kier molecular flexibility index (Phi) is 9.31. The lowest BCUT2D eigenvalue weighted by Crippen LogP contribution is -2.21. The van der Waals surface area contributed by atoms with E-state index in [1.807, 2.05) is 6.07 Å². The van der Waals surface area contributed by atoms with E-state index in [1.54, 1.807) is 72.8 Å². The quantitative estimate of drug-likeness (QED) is 0.142. The number of esters is 1. The molecule has 1 aliphatic heterocycles. The molecule has 218 valence electrons. The van der Waals surface area contributed by atoms with Gasteiger partial charge in [0.2, 0.25) is 5.88 Å². The summed E-state index contributed by atoms with van der Waals surface area (Å²) in [4.78, 5) is 12.4. The van der Waals surface area contributed by atoms with Crippen molar-refractivity contribution in [3.63, 3.8) is 0 Å². The van der Waals surface area contributed by atoms with E-state index in [2.05, 4.69) is 22.0 Å². The number of methoxy groups -OCH3 is 1. The minimum absolute atomic E-state index is 0.0567. The van der Waals surface area contributed by atoms with Crippen LogP contribution in [0.25, 0.3) is 0 Å². The van der Waals surface area contributed by atoms with Gasteiger partial charge in [0.25, 0.3) is 0 Å². The summed E-state index contributed by atoms with van der Waals surface area (Å²) >= 11 is 15.6. The number of fused-ring (bicyclic) bond motifs is 1. The molecule has 8 nitrogen and oxygen atoms in total. The van der Waals surface area contributed by atoms with Crippen LogP contribution in [0.1, 0.15) is 22.6 Å². The first kappa shape index (κ1) is 30.1. The fourth-order valence-corrected chi connectivity index (χ4v) is 5.18. The Morgan fingerprint density at radius 2 is 1.74 bits per heavy atom. The van der Waals surface area contributed by atoms with Gasteiger partial charge in [-0.05, 0) is 60.2 Å². The number of carbonyl (C=O) groups excluding carboxylic acids is 1. The molecule has 0 aromatic heterocycles. The summed E-state index contributed by atoms with van der Waals surface area (Å²) in [6.07, 6.45) is 0. The minimum Gasteiger partial charge on any atom is -0.493 e. The molecule has 1 atom stereocenters. The molecule has 11 heteroatoms. The second-order valence-corrected chi connectivity index (χ2v) is 11.0. The summed E-state index contributed by atoms with van der Waals surface area (Å²) in [6, 6.07) is 24.6. The van der Waals surface area contributed by atoms with Crippen molar-refractivity contribution >= 4 is 45.1 Å². The molecular formula is C32H23BrCl2N2O6. The van der Waals surface area contributed by atoms with E-state index in [4.69, 9.17) is 52.6 Å². The highest BCUT2D eigenvalue weighted by atomic mass is 79.9. The molecule has 5 rings (SSSR count). The standard InChI is InChI=1S/C32H23BrCl2N2O6/c1-39-29-12-18(3-11-27(29)41-16-19-2-6-21(34)13-26(19)35)31-24-10-9-23(14-28(24)43-32(37)25(31)15-36)42-30(38)17-40-22-7-4-20(33)5-8-22/h2-14,31H,16-17,37H2,1H3. The Morgan fingerprint density at radius 1 is 0.977 bits per heavy atom. The molecule has 4 aromatic carbocycles. The lowest BCUT2D eigenvalue weighted by atomic mass is 9.83. The monoisotopic (exact) mass is 680 g/mol. The summed E-state index contributed by atoms with van der Waals surface area (Å²) in [5, 5.41) is 11.0. The summed E-state index contributed by atoms with van der Waals surface area (Å²) in [5.74, 6) is 0.799. The molecule has 2 N–H and O–H groups in total. The second kappa shape index (κ2) is 13.3. The van der Waals surface area contributed by atoms with Crippen LogP contribution in [-0.4, -0.2) is 19.7 Å². The number of nitriles is 1. The maximum Gasteiger partial charge on any atom is 0.349 e. The summed E-state index contributed by atoms with van der Waals surface area (Å²) < 4.78 is 29.2. The van der Waals surface area contributed by atoms with Crippen molar-refractivity contribution in [1.29, 1.82) is 5.26 Å². The van der Waals surface area contributed by atoms with E-state index in [0.717, 1.165) is 10.0 Å². The Balaban J connectivity index is 1.35. The van der Waals surface area contributed by atoms with Crippen molar-refractivity contribution < 1.29 is 28.5 Å². The van der Waals surface area contributed by atoms with Gasteiger partial charge in [0.15, 0.2) is 18.1 Å². The Hall–Kier alpha value is -4.36. The molecule has 0 amide bonds. The number of rotatable bonds is 9. The van der Waals surface area contributed by atoms with E-state index in [9.17, 15) is 10.1 Å². The van der Waals surface area contributed by atoms with E-state index in [1.165, 1.54) is 7.11 Å². The summed E-state index contributed by atoms with van der Waals surface area (Å²) in [7, 11) is 1.52. The van der Waals surface area contributed by atoms with Gasteiger partial charge in [-0.15, -0.1) is 0 Å². The molecule has 0 fully saturated rings. The SMILES string of the molecule is COc1cc(C2C(C#N)=C(N)Oc3cc(OC(=O)COc4ccc(Br)cc4)ccc32)ccc1OCc1ccc(Cl)cc1Cl. The maximum atomic E-state index is 12.4. The fraction of sp³-hybridized carbons (Fsp3) is 0.125.